The molecule has 0 aliphatic rings. The zero-order valence-electron chi connectivity index (χ0n) is 7.57. The number of aliphatic hydroxyl groups excluding tert-OH is 2. The Morgan fingerprint density at radius 2 is 1.82 bits per heavy atom. The summed E-state index contributed by atoms with van der Waals surface area (Å²) in [5, 5.41) is 17.6. The number of benzene rings is 1. The first kappa shape index (κ1) is 11.1. The molecule has 3 heteroatoms. The fourth-order valence-corrected chi connectivity index (χ4v) is 0.781. The third-order valence-corrected chi connectivity index (χ3v) is 1.36. The van der Waals surface area contributed by atoms with Crippen molar-refractivity contribution in [1.29, 1.82) is 0 Å². The summed E-state index contributed by atoms with van der Waals surface area (Å²) in [6, 6.07) is 9.08. The van der Waals surface area contributed by atoms with Crippen molar-refractivity contribution >= 4 is 0 Å². The van der Waals surface area contributed by atoms with Crippen molar-refractivity contribution in [2.45, 2.75) is 6.10 Å². The normalized spacial score (nSPS) is 11.8. The molecule has 1 aromatic rings. The Bertz CT molecular complexity index is 194. The standard InChI is InChI=1S/C8H10O2.Na.H/c9-6-8(10)7-4-2-1-3-5-7;;/h1-5,8-10H,6H2;;/q;+1;-1/t8-;;/m0../s1. The van der Waals surface area contributed by atoms with Crippen LogP contribution in [0.15, 0.2) is 30.3 Å². The molecule has 0 bridgehead atoms. The minimum Gasteiger partial charge on any atom is -1.00 e. The Hall–Kier alpha value is 0.140. The van der Waals surface area contributed by atoms with Crippen LogP contribution < -0.4 is 29.6 Å². The van der Waals surface area contributed by atoms with E-state index in [4.69, 9.17) is 10.2 Å². The fraction of sp³-hybridized carbons (Fsp3) is 0.250. The molecule has 0 saturated heterocycles. The van der Waals surface area contributed by atoms with Gasteiger partial charge in [0, 0.05) is 0 Å². The maximum Gasteiger partial charge on any atom is 1.00 e. The van der Waals surface area contributed by atoms with Gasteiger partial charge in [-0.15, -0.1) is 0 Å². The van der Waals surface area contributed by atoms with Crippen molar-refractivity contribution in [1.82, 2.24) is 0 Å². The third kappa shape index (κ3) is 3.36. The smallest absolute Gasteiger partial charge is 1.00 e. The van der Waals surface area contributed by atoms with Gasteiger partial charge in [0.05, 0.1) is 6.61 Å². The van der Waals surface area contributed by atoms with E-state index in [1.165, 1.54) is 0 Å². The summed E-state index contributed by atoms with van der Waals surface area (Å²) in [6.45, 7) is -0.218. The quantitative estimate of drug-likeness (QED) is 0.486. The molecular weight excluding hydrogens is 151 g/mol. The van der Waals surface area contributed by atoms with Gasteiger partial charge in [0.1, 0.15) is 6.10 Å². The second kappa shape index (κ2) is 5.75. The van der Waals surface area contributed by atoms with Crippen molar-refractivity contribution in [2.24, 2.45) is 0 Å². The van der Waals surface area contributed by atoms with Crippen molar-refractivity contribution in [3.8, 4) is 0 Å². The molecule has 2 N–H and O–H groups in total. The summed E-state index contributed by atoms with van der Waals surface area (Å²) < 4.78 is 0. The SMILES string of the molecule is OC[C@H](O)c1ccccc1.[H-].[Na+]. The monoisotopic (exact) mass is 162 g/mol. The van der Waals surface area contributed by atoms with E-state index in [1.807, 2.05) is 18.2 Å². The van der Waals surface area contributed by atoms with E-state index in [0.29, 0.717) is 0 Å². The van der Waals surface area contributed by atoms with Gasteiger partial charge in [-0.05, 0) is 5.56 Å². The van der Waals surface area contributed by atoms with Crippen LogP contribution in [-0.4, -0.2) is 16.8 Å². The predicted molar refractivity (Wildman–Crippen MR) is 39.6 cm³/mol. The van der Waals surface area contributed by atoms with Crippen molar-refractivity contribution < 1.29 is 41.2 Å². The fourth-order valence-electron chi connectivity index (χ4n) is 0.781. The van der Waals surface area contributed by atoms with Crippen LogP contribution in [0.3, 0.4) is 0 Å². The second-order valence-electron chi connectivity index (χ2n) is 2.11. The Morgan fingerprint density at radius 1 is 1.27 bits per heavy atom. The van der Waals surface area contributed by atoms with Crippen LogP contribution in [0.5, 0.6) is 0 Å². The summed E-state index contributed by atoms with van der Waals surface area (Å²) >= 11 is 0. The summed E-state index contributed by atoms with van der Waals surface area (Å²) in [5.41, 5.74) is 0.755. The van der Waals surface area contributed by atoms with Gasteiger partial charge in [-0.1, -0.05) is 30.3 Å². The van der Waals surface area contributed by atoms with Crippen LogP contribution in [-0.2, 0) is 0 Å². The van der Waals surface area contributed by atoms with Crippen molar-refractivity contribution in [3.05, 3.63) is 35.9 Å². The first-order chi connectivity index (χ1) is 4.84. The number of hydrogen-bond acceptors (Lipinski definition) is 2. The van der Waals surface area contributed by atoms with Gasteiger partial charge < -0.3 is 11.6 Å². The number of hydrogen-bond donors (Lipinski definition) is 2. The maximum absolute atomic E-state index is 9.08. The van der Waals surface area contributed by atoms with Crippen molar-refractivity contribution in [2.75, 3.05) is 6.61 Å². The molecule has 2 nitrogen and oxygen atoms in total. The molecule has 11 heavy (non-hydrogen) atoms. The number of rotatable bonds is 2. The van der Waals surface area contributed by atoms with Gasteiger partial charge >= 0.3 is 29.6 Å². The van der Waals surface area contributed by atoms with Crippen LogP contribution in [0.2, 0.25) is 0 Å². The predicted octanol–water partition coefficient (Wildman–Crippen LogP) is -2.17. The van der Waals surface area contributed by atoms with E-state index in [9.17, 15) is 0 Å². The van der Waals surface area contributed by atoms with E-state index in [0.717, 1.165) is 5.56 Å². The largest absolute Gasteiger partial charge is 1.00 e. The van der Waals surface area contributed by atoms with Crippen molar-refractivity contribution in [3.63, 3.8) is 0 Å². The van der Waals surface area contributed by atoms with Gasteiger partial charge in [0.25, 0.3) is 0 Å². The molecule has 0 radical (unpaired) electrons. The maximum atomic E-state index is 9.08. The minimum atomic E-state index is -0.735. The summed E-state index contributed by atoms with van der Waals surface area (Å²) in [5.74, 6) is 0. The Morgan fingerprint density at radius 3 is 2.27 bits per heavy atom. The Balaban J connectivity index is 0. The topological polar surface area (TPSA) is 40.5 Å². The van der Waals surface area contributed by atoms with E-state index in [2.05, 4.69) is 0 Å². The molecule has 1 atom stereocenters. The molecule has 0 amide bonds. The van der Waals surface area contributed by atoms with Gasteiger partial charge in [-0.2, -0.15) is 0 Å². The molecule has 56 valence electrons. The minimum absolute atomic E-state index is 0. The molecule has 0 saturated carbocycles. The summed E-state index contributed by atoms with van der Waals surface area (Å²) in [6.07, 6.45) is -0.735. The van der Waals surface area contributed by atoms with E-state index < -0.39 is 6.10 Å². The zero-order chi connectivity index (χ0) is 7.40. The van der Waals surface area contributed by atoms with Crippen LogP contribution in [0.25, 0.3) is 0 Å². The average Bonchev–Trinajstić information content (AvgIpc) is 2.05. The molecule has 0 aromatic heterocycles. The van der Waals surface area contributed by atoms with E-state index in [-0.39, 0.29) is 37.6 Å². The molecule has 0 aliphatic carbocycles. The second-order valence-corrected chi connectivity index (χ2v) is 2.11. The molecule has 0 unspecified atom stereocenters. The van der Waals surface area contributed by atoms with E-state index >= 15 is 0 Å². The summed E-state index contributed by atoms with van der Waals surface area (Å²) in [4.78, 5) is 0. The summed E-state index contributed by atoms with van der Waals surface area (Å²) in [7, 11) is 0. The van der Waals surface area contributed by atoms with Crippen LogP contribution in [0, 0.1) is 0 Å². The molecule has 0 heterocycles. The first-order valence-corrected chi connectivity index (χ1v) is 3.18. The number of aliphatic hydroxyl groups is 2. The first-order valence-electron chi connectivity index (χ1n) is 3.18. The van der Waals surface area contributed by atoms with Gasteiger partial charge in [0.15, 0.2) is 0 Å². The Labute approximate surface area is 89.6 Å². The average molecular weight is 162 g/mol. The molecule has 1 rings (SSSR count). The van der Waals surface area contributed by atoms with Gasteiger partial charge in [0.2, 0.25) is 0 Å². The molecule has 0 aliphatic heterocycles. The van der Waals surface area contributed by atoms with Gasteiger partial charge in [-0.3, -0.25) is 0 Å². The Kier molecular flexibility index (Phi) is 5.82. The molecular formula is C8H11NaO2. The van der Waals surface area contributed by atoms with Gasteiger partial charge in [-0.25, -0.2) is 0 Å². The van der Waals surface area contributed by atoms with Crippen LogP contribution >= 0.6 is 0 Å². The molecule has 0 fully saturated rings. The molecule has 1 aromatic carbocycles. The van der Waals surface area contributed by atoms with Crippen LogP contribution in [0.4, 0.5) is 0 Å². The zero-order valence-corrected chi connectivity index (χ0v) is 8.57. The van der Waals surface area contributed by atoms with E-state index in [1.54, 1.807) is 12.1 Å². The third-order valence-electron chi connectivity index (χ3n) is 1.36. The van der Waals surface area contributed by atoms with Crippen LogP contribution in [0.1, 0.15) is 13.1 Å². The molecule has 0 spiro atoms.